The molecule has 0 aliphatic carbocycles. The number of amidine groups is 1. The molecule has 4 nitrogen and oxygen atoms in total. The van der Waals surface area contributed by atoms with Crippen LogP contribution >= 0.6 is 11.6 Å². The number of carbonyl (C=O) groups is 1. The summed E-state index contributed by atoms with van der Waals surface area (Å²) < 4.78 is 0. The number of phenols is 1. The SMILES string of the molecule is CC(=N)NC(=O)c1cc(Cl)c(C)cc1O. The Hall–Kier alpha value is -1.55. The Morgan fingerprint density at radius 3 is 2.67 bits per heavy atom. The van der Waals surface area contributed by atoms with Gasteiger partial charge < -0.3 is 10.4 Å². The molecular formula is C10H11ClN2O2. The third kappa shape index (κ3) is 2.70. The average molecular weight is 227 g/mol. The summed E-state index contributed by atoms with van der Waals surface area (Å²) in [6.45, 7) is 3.16. The highest BCUT2D eigenvalue weighted by Gasteiger charge is 2.13. The van der Waals surface area contributed by atoms with Crippen LogP contribution in [0.2, 0.25) is 5.02 Å². The predicted molar refractivity (Wildman–Crippen MR) is 58.7 cm³/mol. The van der Waals surface area contributed by atoms with Gasteiger partial charge in [0.1, 0.15) is 5.75 Å². The summed E-state index contributed by atoms with van der Waals surface area (Å²) in [6, 6.07) is 2.79. The minimum Gasteiger partial charge on any atom is -0.507 e. The van der Waals surface area contributed by atoms with E-state index in [1.165, 1.54) is 19.1 Å². The zero-order valence-corrected chi connectivity index (χ0v) is 9.14. The number of phenolic OH excluding ortho intramolecular Hbond substituents is 1. The van der Waals surface area contributed by atoms with Crippen LogP contribution in [-0.2, 0) is 0 Å². The third-order valence-electron chi connectivity index (χ3n) is 1.82. The first-order chi connectivity index (χ1) is 6.91. The fourth-order valence-corrected chi connectivity index (χ4v) is 1.25. The maximum Gasteiger partial charge on any atom is 0.260 e. The molecule has 1 aromatic rings. The van der Waals surface area contributed by atoms with Crippen molar-refractivity contribution in [1.82, 2.24) is 5.32 Å². The van der Waals surface area contributed by atoms with Crippen molar-refractivity contribution < 1.29 is 9.90 Å². The van der Waals surface area contributed by atoms with Gasteiger partial charge in [0, 0.05) is 5.02 Å². The molecule has 0 aromatic heterocycles. The summed E-state index contributed by atoms with van der Waals surface area (Å²) in [6.07, 6.45) is 0. The molecule has 0 atom stereocenters. The monoisotopic (exact) mass is 226 g/mol. The van der Waals surface area contributed by atoms with E-state index in [1.54, 1.807) is 6.92 Å². The average Bonchev–Trinajstić information content (AvgIpc) is 2.09. The highest BCUT2D eigenvalue weighted by atomic mass is 35.5. The molecule has 0 saturated heterocycles. The van der Waals surface area contributed by atoms with Crippen molar-refractivity contribution >= 4 is 23.3 Å². The number of aromatic hydroxyl groups is 1. The lowest BCUT2D eigenvalue weighted by Gasteiger charge is -2.07. The van der Waals surface area contributed by atoms with Crippen LogP contribution in [0, 0.1) is 12.3 Å². The van der Waals surface area contributed by atoms with Gasteiger partial charge in [0.15, 0.2) is 0 Å². The molecule has 5 heteroatoms. The Morgan fingerprint density at radius 1 is 1.53 bits per heavy atom. The Morgan fingerprint density at radius 2 is 2.13 bits per heavy atom. The molecule has 80 valence electrons. The van der Waals surface area contributed by atoms with Gasteiger partial charge in [-0.3, -0.25) is 10.2 Å². The summed E-state index contributed by atoms with van der Waals surface area (Å²) in [5.41, 5.74) is 0.759. The number of carbonyl (C=O) groups excluding carboxylic acids is 1. The quantitative estimate of drug-likeness (QED) is 0.507. The number of aryl methyl sites for hydroxylation is 1. The van der Waals surface area contributed by atoms with Crippen molar-refractivity contribution in [3.63, 3.8) is 0 Å². The first-order valence-corrected chi connectivity index (χ1v) is 4.65. The normalized spacial score (nSPS) is 9.80. The molecule has 0 aliphatic heterocycles. The summed E-state index contributed by atoms with van der Waals surface area (Å²) in [5, 5.41) is 19.3. The number of hydrogen-bond donors (Lipinski definition) is 3. The van der Waals surface area contributed by atoms with Gasteiger partial charge in [-0.15, -0.1) is 0 Å². The summed E-state index contributed by atoms with van der Waals surface area (Å²) >= 11 is 5.82. The second kappa shape index (κ2) is 4.31. The third-order valence-corrected chi connectivity index (χ3v) is 2.23. The minimum absolute atomic E-state index is 0.0103. The zero-order valence-electron chi connectivity index (χ0n) is 8.39. The van der Waals surface area contributed by atoms with Crippen molar-refractivity contribution in [2.75, 3.05) is 0 Å². The lowest BCUT2D eigenvalue weighted by Crippen LogP contribution is -2.27. The lowest BCUT2D eigenvalue weighted by molar-refractivity contribution is 0.0974. The first kappa shape index (κ1) is 11.5. The van der Waals surface area contributed by atoms with E-state index in [1.807, 2.05) is 0 Å². The molecule has 1 rings (SSSR count). The highest BCUT2D eigenvalue weighted by molar-refractivity contribution is 6.31. The fraction of sp³-hybridized carbons (Fsp3) is 0.200. The molecule has 0 spiro atoms. The van der Waals surface area contributed by atoms with E-state index in [4.69, 9.17) is 17.0 Å². The molecule has 0 saturated carbocycles. The first-order valence-electron chi connectivity index (χ1n) is 4.27. The van der Waals surface area contributed by atoms with E-state index in [0.717, 1.165) is 0 Å². The maximum atomic E-state index is 11.5. The maximum absolute atomic E-state index is 11.5. The van der Waals surface area contributed by atoms with Crippen molar-refractivity contribution in [3.05, 3.63) is 28.3 Å². The zero-order chi connectivity index (χ0) is 11.6. The van der Waals surface area contributed by atoms with E-state index in [0.29, 0.717) is 10.6 Å². The van der Waals surface area contributed by atoms with E-state index >= 15 is 0 Å². The van der Waals surface area contributed by atoms with Crippen LogP contribution in [0.5, 0.6) is 5.75 Å². The van der Waals surface area contributed by atoms with Gasteiger partial charge in [-0.05, 0) is 31.5 Å². The number of halogens is 1. The van der Waals surface area contributed by atoms with Crippen LogP contribution in [0.15, 0.2) is 12.1 Å². The van der Waals surface area contributed by atoms with Crippen LogP contribution in [0.1, 0.15) is 22.8 Å². The largest absolute Gasteiger partial charge is 0.507 e. The standard InChI is InChI=1S/C10H11ClN2O2/c1-5-3-9(14)7(4-8(5)11)10(15)13-6(2)12/h3-4,14H,1-2H3,(H2,12,13,15). The van der Waals surface area contributed by atoms with Gasteiger partial charge in [0.2, 0.25) is 0 Å². The Balaban J connectivity index is 3.09. The van der Waals surface area contributed by atoms with Crippen LogP contribution in [-0.4, -0.2) is 16.8 Å². The van der Waals surface area contributed by atoms with Crippen molar-refractivity contribution in [3.8, 4) is 5.75 Å². The molecule has 0 fully saturated rings. The van der Waals surface area contributed by atoms with Gasteiger partial charge in [-0.2, -0.15) is 0 Å². The van der Waals surface area contributed by atoms with E-state index in [9.17, 15) is 9.90 Å². The molecule has 0 aliphatic rings. The molecule has 0 radical (unpaired) electrons. The number of amides is 1. The molecular weight excluding hydrogens is 216 g/mol. The van der Waals surface area contributed by atoms with Gasteiger partial charge >= 0.3 is 0 Å². The summed E-state index contributed by atoms with van der Waals surface area (Å²) in [5.74, 6) is -0.673. The Kier molecular flexibility index (Phi) is 3.31. The molecule has 15 heavy (non-hydrogen) atoms. The second-order valence-corrected chi connectivity index (χ2v) is 3.60. The van der Waals surface area contributed by atoms with Gasteiger partial charge in [0.25, 0.3) is 5.91 Å². The fourth-order valence-electron chi connectivity index (χ4n) is 1.09. The van der Waals surface area contributed by atoms with Gasteiger partial charge in [-0.25, -0.2) is 0 Å². The Bertz CT molecular complexity index is 430. The van der Waals surface area contributed by atoms with E-state index in [2.05, 4.69) is 5.32 Å². The second-order valence-electron chi connectivity index (χ2n) is 3.20. The summed E-state index contributed by atoms with van der Waals surface area (Å²) in [4.78, 5) is 11.5. The van der Waals surface area contributed by atoms with Crippen LogP contribution in [0.25, 0.3) is 0 Å². The van der Waals surface area contributed by atoms with Crippen molar-refractivity contribution in [1.29, 1.82) is 5.41 Å². The molecule has 3 N–H and O–H groups in total. The van der Waals surface area contributed by atoms with Crippen LogP contribution in [0.4, 0.5) is 0 Å². The minimum atomic E-state index is -0.540. The Labute approximate surface area is 92.4 Å². The van der Waals surface area contributed by atoms with Crippen LogP contribution in [0.3, 0.4) is 0 Å². The smallest absolute Gasteiger partial charge is 0.260 e. The number of nitrogens with one attached hydrogen (secondary N) is 2. The molecule has 0 unspecified atom stereocenters. The molecule has 1 aromatic carbocycles. The topological polar surface area (TPSA) is 73.2 Å². The number of benzene rings is 1. The van der Waals surface area contributed by atoms with Gasteiger partial charge in [0.05, 0.1) is 11.4 Å². The summed E-state index contributed by atoms with van der Waals surface area (Å²) in [7, 11) is 0. The lowest BCUT2D eigenvalue weighted by atomic mass is 10.1. The van der Waals surface area contributed by atoms with Gasteiger partial charge in [-0.1, -0.05) is 11.6 Å². The number of hydrogen-bond acceptors (Lipinski definition) is 3. The predicted octanol–water partition coefficient (Wildman–Crippen LogP) is 2.08. The van der Waals surface area contributed by atoms with E-state index in [-0.39, 0.29) is 17.1 Å². The molecule has 0 heterocycles. The van der Waals surface area contributed by atoms with Crippen molar-refractivity contribution in [2.24, 2.45) is 0 Å². The molecule has 0 bridgehead atoms. The number of rotatable bonds is 1. The van der Waals surface area contributed by atoms with Crippen LogP contribution < -0.4 is 5.32 Å². The van der Waals surface area contributed by atoms with E-state index < -0.39 is 5.91 Å². The molecule has 1 amide bonds. The van der Waals surface area contributed by atoms with Crippen molar-refractivity contribution in [2.45, 2.75) is 13.8 Å². The highest BCUT2D eigenvalue weighted by Crippen LogP contribution is 2.25.